The Kier molecular flexibility index (Phi) is 3.35. The zero-order chi connectivity index (χ0) is 14.4. The van der Waals surface area contributed by atoms with E-state index in [0.29, 0.717) is 0 Å². The molecule has 6 heteroatoms. The maximum absolute atomic E-state index is 13.1. The van der Waals surface area contributed by atoms with Crippen molar-refractivity contribution in [2.75, 3.05) is 0 Å². The number of phenolic OH excluding ortho intramolecular Hbond substituents is 1. The second-order valence-electron chi connectivity index (χ2n) is 5.67. The van der Waals surface area contributed by atoms with Crippen molar-refractivity contribution in [2.24, 2.45) is 0 Å². The molecule has 1 aromatic rings. The number of aromatic hydroxyl groups is 1. The molecule has 1 aliphatic rings. The van der Waals surface area contributed by atoms with Crippen molar-refractivity contribution < 1.29 is 23.2 Å². The van der Waals surface area contributed by atoms with Crippen LogP contribution in [0.15, 0.2) is 18.2 Å². The molecule has 0 aliphatic carbocycles. The molecular weight excluding hydrogens is 253 g/mol. The Morgan fingerprint density at radius 1 is 1.11 bits per heavy atom. The molecule has 1 saturated heterocycles. The van der Waals surface area contributed by atoms with Crippen LogP contribution in [0.25, 0.3) is 0 Å². The van der Waals surface area contributed by atoms with Crippen molar-refractivity contribution in [3.8, 4) is 5.75 Å². The number of phenols is 1. The van der Waals surface area contributed by atoms with E-state index >= 15 is 0 Å². The molecule has 19 heavy (non-hydrogen) atoms. The van der Waals surface area contributed by atoms with E-state index in [4.69, 9.17) is 9.31 Å². The first-order chi connectivity index (χ1) is 8.66. The molecule has 1 N–H and O–H groups in total. The van der Waals surface area contributed by atoms with Crippen LogP contribution in [0.3, 0.4) is 0 Å². The van der Waals surface area contributed by atoms with Gasteiger partial charge in [0, 0.05) is 0 Å². The second kappa shape index (κ2) is 4.46. The van der Waals surface area contributed by atoms with Crippen LogP contribution in [0.1, 0.15) is 39.7 Å². The van der Waals surface area contributed by atoms with Crippen molar-refractivity contribution >= 4 is 12.6 Å². The number of benzene rings is 1. The molecule has 0 amide bonds. The first kappa shape index (κ1) is 14.3. The molecule has 104 valence electrons. The molecule has 1 heterocycles. The average molecular weight is 270 g/mol. The summed E-state index contributed by atoms with van der Waals surface area (Å²) in [4.78, 5) is 0. The summed E-state index contributed by atoms with van der Waals surface area (Å²) in [6, 6.07) is 4.22. The van der Waals surface area contributed by atoms with Gasteiger partial charge in [0.2, 0.25) is 0 Å². The number of rotatable bonds is 2. The highest BCUT2D eigenvalue weighted by Crippen LogP contribution is 2.38. The highest BCUT2D eigenvalue weighted by atomic mass is 19.3. The highest BCUT2D eigenvalue weighted by molar-refractivity contribution is 6.62. The topological polar surface area (TPSA) is 38.7 Å². The van der Waals surface area contributed by atoms with Crippen LogP contribution in [-0.4, -0.2) is 23.4 Å². The fraction of sp³-hybridized carbons (Fsp3) is 0.538. The summed E-state index contributed by atoms with van der Waals surface area (Å²) in [5.41, 5.74) is -1.47. The van der Waals surface area contributed by atoms with Gasteiger partial charge in [-0.15, -0.1) is 0 Å². The third-order valence-corrected chi connectivity index (χ3v) is 3.84. The first-order valence-corrected chi connectivity index (χ1v) is 6.11. The van der Waals surface area contributed by atoms with Crippen LogP contribution in [0.5, 0.6) is 5.75 Å². The van der Waals surface area contributed by atoms with Gasteiger partial charge >= 0.3 is 7.12 Å². The molecule has 0 saturated carbocycles. The van der Waals surface area contributed by atoms with Gasteiger partial charge < -0.3 is 14.4 Å². The fourth-order valence-electron chi connectivity index (χ4n) is 1.98. The fourth-order valence-corrected chi connectivity index (χ4v) is 1.98. The van der Waals surface area contributed by atoms with Gasteiger partial charge in [0.25, 0.3) is 6.43 Å². The van der Waals surface area contributed by atoms with E-state index in [-0.39, 0.29) is 5.46 Å². The summed E-state index contributed by atoms with van der Waals surface area (Å²) in [6.07, 6.45) is -2.78. The minimum Gasteiger partial charge on any atom is -0.507 e. The van der Waals surface area contributed by atoms with Crippen molar-refractivity contribution in [2.45, 2.75) is 45.3 Å². The molecule has 1 fully saturated rings. The van der Waals surface area contributed by atoms with Crippen molar-refractivity contribution in [1.82, 2.24) is 0 Å². The van der Waals surface area contributed by atoms with Gasteiger partial charge in [0.15, 0.2) is 0 Å². The normalized spacial score (nSPS) is 21.1. The van der Waals surface area contributed by atoms with Gasteiger partial charge in [-0.05, 0) is 39.2 Å². The van der Waals surface area contributed by atoms with E-state index in [1.54, 1.807) is 0 Å². The summed E-state index contributed by atoms with van der Waals surface area (Å²) in [5, 5.41) is 9.59. The van der Waals surface area contributed by atoms with E-state index in [9.17, 15) is 13.9 Å². The summed E-state index contributed by atoms with van der Waals surface area (Å²) < 4.78 is 37.6. The second-order valence-corrected chi connectivity index (χ2v) is 5.67. The molecule has 0 bridgehead atoms. The lowest BCUT2D eigenvalue weighted by molar-refractivity contribution is 0.00578. The van der Waals surface area contributed by atoms with Crippen molar-refractivity contribution in [3.05, 3.63) is 23.8 Å². The lowest BCUT2D eigenvalue weighted by Gasteiger charge is -2.32. The van der Waals surface area contributed by atoms with Crippen LogP contribution in [-0.2, 0) is 9.31 Å². The van der Waals surface area contributed by atoms with Crippen molar-refractivity contribution in [3.63, 3.8) is 0 Å². The standard InChI is InChI=1S/C13H17BF2O3/c1-12(2)13(3,4)19-14(18-12)8-6-5-7-9(17)10(8)11(15)16/h5-7,11,17H,1-4H3. The molecule has 0 atom stereocenters. The van der Waals surface area contributed by atoms with Gasteiger partial charge in [0.05, 0.1) is 16.8 Å². The van der Waals surface area contributed by atoms with Crippen LogP contribution in [0, 0.1) is 0 Å². The third-order valence-electron chi connectivity index (χ3n) is 3.84. The van der Waals surface area contributed by atoms with Gasteiger partial charge in [-0.1, -0.05) is 12.1 Å². The van der Waals surface area contributed by atoms with Gasteiger partial charge in [-0.25, -0.2) is 8.78 Å². The lowest BCUT2D eigenvalue weighted by atomic mass is 9.75. The lowest BCUT2D eigenvalue weighted by Crippen LogP contribution is -2.41. The SMILES string of the molecule is CC1(C)OB(c2cccc(O)c2C(F)F)OC1(C)C. The van der Waals surface area contributed by atoms with Crippen LogP contribution in [0.2, 0.25) is 0 Å². The molecule has 0 aromatic heterocycles. The minimum atomic E-state index is -2.78. The van der Waals surface area contributed by atoms with Crippen LogP contribution in [0.4, 0.5) is 8.78 Å². The molecule has 0 unspecified atom stereocenters. The van der Waals surface area contributed by atoms with Gasteiger partial charge in [0.1, 0.15) is 5.75 Å². The van der Waals surface area contributed by atoms with E-state index < -0.39 is 36.1 Å². The Balaban J connectivity index is 2.43. The Hall–Kier alpha value is -1.14. The molecule has 0 spiro atoms. The molecule has 2 rings (SSSR count). The van der Waals surface area contributed by atoms with Crippen molar-refractivity contribution in [1.29, 1.82) is 0 Å². The average Bonchev–Trinajstić information content (AvgIpc) is 2.47. The number of alkyl halides is 2. The largest absolute Gasteiger partial charge is 0.507 e. The summed E-state index contributed by atoms with van der Waals surface area (Å²) >= 11 is 0. The Morgan fingerprint density at radius 3 is 2.11 bits per heavy atom. The maximum atomic E-state index is 13.1. The van der Waals surface area contributed by atoms with Crippen LogP contribution < -0.4 is 5.46 Å². The Morgan fingerprint density at radius 2 is 1.63 bits per heavy atom. The predicted molar refractivity (Wildman–Crippen MR) is 68.8 cm³/mol. The quantitative estimate of drug-likeness (QED) is 0.839. The molecule has 3 nitrogen and oxygen atoms in total. The minimum absolute atomic E-state index is 0.175. The van der Waals surface area contributed by atoms with Gasteiger partial charge in [-0.2, -0.15) is 0 Å². The van der Waals surface area contributed by atoms with E-state index in [0.717, 1.165) is 0 Å². The number of hydrogen-bond acceptors (Lipinski definition) is 3. The van der Waals surface area contributed by atoms with Crippen LogP contribution >= 0.6 is 0 Å². The monoisotopic (exact) mass is 270 g/mol. The molecular formula is C13H17BF2O3. The first-order valence-electron chi connectivity index (χ1n) is 6.11. The predicted octanol–water partition coefficient (Wildman–Crippen LogP) is 2.63. The van der Waals surface area contributed by atoms with E-state index in [1.807, 2.05) is 27.7 Å². The summed E-state index contributed by atoms with van der Waals surface area (Å²) in [7, 11) is -0.902. The number of halogens is 2. The molecule has 0 radical (unpaired) electrons. The highest BCUT2D eigenvalue weighted by Gasteiger charge is 2.52. The zero-order valence-electron chi connectivity index (χ0n) is 11.4. The molecule has 1 aromatic carbocycles. The maximum Gasteiger partial charge on any atom is 0.495 e. The van der Waals surface area contributed by atoms with E-state index in [2.05, 4.69) is 0 Å². The third kappa shape index (κ3) is 2.34. The Labute approximate surface area is 111 Å². The zero-order valence-corrected chi connectivity index (χ0v) is 11.4. The Bertz CT molecular complexity index is 473. The smallest absolute Gasteiger partial charge is 0.495 e. The number of hydrogen-bond donors (Lipinski definition) is 1. The van der Waals surface area contributed by atoms with E-state index in [1.165, 1.54) is 18.2 Å². The summed E-state index contributed by atoms with van der Waals surface area (Å²) in [5.74, 6) is -0.442. The van der Waals surface area contributed by atoms with Gasteiger partial charge in [-0.3, -0.25) is 0 Å². The molecule has 1 aliphatic heterocycles. The summed E-state index contributed by atoms with van der Waals surface area (Å²) in [6.45, 7) is 7.38.